The zero-order valence-electron chi connectivity index (χ0n) is 7.21. The van der Waals surface area contributed by atoms with Crippen molar-refractivity contribution in [1.82, 2.24) is 4.90 Å². The van der Waals surface area contributed by atoms with E-state index in [0.29, 0.717) is 5.54 Å². The lowest BCUT2D eigenvalue weighted by Crippen LogP contribution is -2.37. The van der Waals surface area contributed by atoms with Crippen molar-refractivity contribution in [1.29, 1.82) is 0 Å². The zero-order chi connectivity index (χ0) is 7.90. The first-order chi connectivity index (χ1) is 5.27. The summed E-state index contributed by atoms with van der Waals surface area (Å²) >= 11 is 0. The van der Waals surface area contributed by atoms with Crippen molar-refractivity contribution in [2.45, 2.75) is 44.2 Å². The molecule has 64 valence electrons. The van der Waals surface area contributed by atoms with Crippen molar-refractivity contribution in [3.63, 3.8) is 0 Å². The molecule has 0 aliphatic carbocycles. The van der Waals surface area contributed by atoms with E-state index in [1.54, 1.807) is 0 Å². The summed E-state index contributed by atoms with van der Waals surface area (Å²) in [6.45, 7) is 4.38. The Hall–Kier alpha value is -0.0800. The number of fused-ring (bicyclic) bond motifs is 1. The molecule has 2 nitrogen and oxygen atoms in total. The van der Waals surface area contributed by atoms with Gasteiger partial charge in [0.15, 0.2) is 0 Å². The Morgan fingerprint density at radius 2 is 2.45 bits per heavy atom. The van der Waals surface area contributed by atoms with Crippen LogP contribution in [0.25, 0.3) is 0 Å². The van der Waals surface area contributed by atoms with Gasteiger partial charge in [0.2, 0.25) is 0 Å². The summed E-state index contributed by atoms with van der Waals surface area (Å²) in [5.74, 6) is 0. The number of aliphatic hydroxyl groups excluding tert-OH is 1. The molecule has 0 aromatic carbocycles. The van der Waals surface area contributed by atoms with Gasteiger partial charge in [0.05, 0.1) is 6.10 Å². The lowest BCUT2D eigenvalue weighted by Gasteiger charge is -2.30. The lowest BCUT2D eigenvalue weighted by atomic mass is 9.91. The van der Waals surface area contributed by atoms with Gasteiger partial charge in [0, 0.05) is 12.1 Å². The number of rotatable bonds is 1. The molecule has 0 aromatic heterocycles. The van der Waals surface area contributed by atoms with E-state index in [4.69, 9.17) is 0 Å². The van der Waals surface area contributed by atoms with Gasteiger partial charge < -0.3 is 5.11 Å². The summed E-state index contributed by atoms with van der Waals surface area (Å²) < 4.78 is 0. The summed E-state index contributed by atoms with van der Waals surface area (Å²) in [6.07, 6.45) is 4.82. The van der Waals surface area contributed by atoms with Crippen LogP contribution in [-0.2, 0) is 0 Å². The topological polar surface area (TPSA) is 23.5 Å². The quantitative estimate of drug-likeness (QED) is 0.610. The van der Waals surface area contributed by atoms with E-state index in [2.05, 4.69) is 11.8 Å². The van der Waals surface area contributed by atoms with Gasteiger partial charge in [-0.3, -0.25) is 4.90 Å². The van der Waals surface area contributed by atoms with Crippen LogP contribution in [0.3, 0.4) is 0 Å². The summed E-state index contributed by atoms with van der Waals surface area (Å²) in [6, 6.07) is 0. The Bertz CT molecular complexity index is 160. The van der Waals surface area contributed by atoms with Gasteiger partial charge in [-0.1, -0.05) is 6.92 Å². The molecule has 2 aliphatic rings. The fourth-order valence-corrected chi connectivity index (χ4v) is 2.81. The van der Waals surface area contributed by atoms with E-state index in [0.717, 1.165) is 13.0 Å². The third kappa shape index (κ3) is 1.00. The standard InChI is InChI=1S/C9H17NO/c1-2-9-4-3-5-10(9)7-8(11)6-9/h8,11H,2-7H2,1H3/t8-,9-/m0/s1. The monoisotopic (exact) mass is 155 g/mol. The molecule has 0 spiro atoms. The minimum atomic E-state index is -0.0461. The molecule has 0 radical (unpaired) electrons. The predicted octanol–water partition coefficient (Wildman–Crippen LogP) is 0.996. The Kier molecular flexibility index (Phi) is 1.69. The summed E-state index contributed by atoms with van der Waals surface area (Å²) in [7, 11) is 0. The van der Waals surface area contributed by atoms with Gasteiger partial charge in [0.1, 0.15) is 0 Å². The molecule has 0 unspecified atom stereocenters. The average molecular weight is 155 g/mol. The highest BCUT2D eigenvalue weighted by Gasteiger charge is 2.46. The minimum absolute atomic E-state index is 0.0461. The molecule has 2 heterocycles. The maximum absolute atomic E-state index is 9.49. The molecule has 2 fully saturated rings. The molecule has 11 heavy (non-hydrogen) atoms. The highest BCUT2D eigenvalue weighted by Crippen LogP contribution is 2.40. The largest absolute Gasteiger partial charge is 0.392 e. The van der Waals surface area contributed by atoms with E-state index in [9.17, 15) is 5.11 Å². The number of hydrogen-bond acceptors (Lipinski definition) is 2. The number of nitrogens with zero attached hydrogens (tertiary/aromatic N) is 1. The van der Waals surface area contributed by atoms with E-state index in [-0.39, 0.29) is 6.10 Å². The molecule has 0 saturated carbocycles. The predicted molar refractivity (Wildman–Crippen MR) is 44.5 cm³/mol. The maximum atomic E-state index is 9.49. The van der Waals surface area contributed by atoms with Crippen LogP contribution in [0, 0.1) is 0 Å². The van der Waals surface area contributed by atoms with Crippen molar-refractivity contribution >= 4 is 0 Å². The van der Waals surface area contributed by atoms with Crippen LogP contribution < -0.4 is 0 Å². The molecule has 2 heteroatoms. The van der Waals surface area contributed by atoms with E-state index in [1.807, 2.05) is 0 Å². The summed E-state index contributed by atoms with van der Waals surface area (Å²) in [4.78, 5) is 2.48. The van der Waals surface area contributed by atoms with E-state index < -0.39 is 0 Å². The first-order valence-corrected chi connectivity index (χ1v) is 4.70. The highest BCUT2D eigenvalue weighted by molar-refractivity contribution is 5.02. The second-order valence-corrected chi connectivity index (χ2v) is 3.99. The lowest BCUT2D eigenvalue weighted by molar-refractivity contribution is 0.177. The average Bonchev–Trinajstić information content (AvgIpc) is 2.43. The third-order valence-electron chi connectivity index (χ3n) is 3.45. The Morgan fingerprint density at radius 3 is 3.09 bits per heavy atom. The van der Waals surface area contributed by atoms with Crippen LogP contribution >= 0.6 is 0 Å². The van der Waals surface area contributed by atoms with Crippen LogP contribution in [-0.4, -0.2) is 34.7 Å². The van der Waals surface area contributed by atoms with Crippen LogP contribution in [0.1, 0.15) is 32.6 Å². The molecule has 2 saturated heterocycles. The second-order valence-electron chi connectivity index (χ2n) is 3.99. The van der Waals surface area contributed by atoms with Crippen molar-refractivity contribution < 1.29 is 5.11 Å². The van der Waals surface area contributed by atoms with Crippen molar-refractivity contribution in [2.24, 2.45) is 0 Å². The smallest absolute Gasteiger partial charge is 0.0685 e. The van der Waals surface area contributed by atoms with Gasteiger partial charge in [-0.2, -0.15) is 0 Å². The third-order valence-corrected chi connectivity index (χ3v) is 3.45. The second kappa shape index (κ2) is 2.46. The van der Waals surface area contributed by atoms with Crippen molar-refractivity contribution in [3.05, 3.63) is 0 Å². The molecule has 0 aromatic rings. The van der Waals surface area contributed by atoms with Gasteiger partial charge in [-0.25, -0.2) is 0 Å². The first kappa shape index (κ1) is 7.56. The van der Waals surface area contributed by atoms with Crippen LogP contribution in [0.5, 0.6) is 0 Å². The molecule has 0 bridgehead atoms. The Labute approximate surface area is 68.2 Å². The molecular weight excluding hydrogens is 138 g/mol. The van der Waals surface area contributed by atoms with Gasteiger partial charge in [-0.05, 0) is 32.2 Å². The van der Waals surface area contributed by atoms with Crippen LogP contribution in [0.15, 0.2) is 0 Å². The Morgan fingerprint density at radius 1 is 1.64 bits per heavy atom. The normalized spacial score (nSPS) is 44.7. The van der Waals surface area contributed by atoms with Crippen molar-refractivity contribution in [2.75, 3.05) is 13.1 Å². The first-order valence-electron chi connectivity index (χ1n) is 4.70. The fraction of sp³-hybridized carbons (Fsp3) is 1.00. The molecule has 2 aliphatic heterocycles. The Balaban J connectivity index is 2.15. The molecule has 2 atom stereocenters. The summed E-state index contributed by atoms with van der Waals surface area (Å²) in [5, 5.41) is 9.49. The van der Waals surface area contributed by atoms with Crippen LogP contribution in [0.2, 0.25) is 0 Å². The highest BCUT2D eigenvalue weighted by atomic mass is 16.3. The fourth-order valence-electron chi connectivity index (χ4n) is 2.81. The number of hydrogen-bond donors (Lipinski definition) is 1. The molecular formula is C9H17NO. The minimum Gasteiger partial charge on any atom is -0.392 e. The zero-order valence-corrected chi connectivity index (χ0v) is 7.21. The number of aliphatic hydroxyl groups is 1. The van der Waals surface area contributed by atoms with Gasteiger partial charge in [0.25, 0.3) is 0 Å². The van der Waals surface area contributed by atoms with Gasteiger partial charge in [-0.15, -0.1) is 0 Å². The van der Waals surface area contributed by atoms with Crippen LogP contribution in [0.4, 0.5) is 0 Å². The summed E-state index contributed by atoms with van der Waals surface area (Å²) in [5.41, 5.74) is 0.402. The van der Waals surface area contributed by atoms with E-state index in [1.165, 1.54) is 25.8 Å². The van der Waals surface area contributed by atoms with E-state index >= 15 is 0 Å². The molecule has 1 N–H and O–H groups in total. The van der Waals surface area contributed by atoms with Crippen molar-refractivity contribution in [3.8, 4) is 0 Å². The molecule has 0 amide bonds. The van der Waals surface area contributed by atoms with Gasteiger partial charge >= 0.3 is 0 Å². The SMILES string of the molecule is CC[C@@]12CCCN1C[C@@H](O)C2. The maximum Gasteiger partial charge on any atom is 0.0685 e. The molecule has 2 rings (SSSR count). The number of β-amino-alcohol motifs (C(OH)–C–C–N with tert-alkyl or cyclic N) is 1.